The predicted molar refractivity (Wildman–Crippen MR) is 62.5 cm³/mol. The van der Waals surface area contributed by atoms with E-state index in [1.165, 1.54) is 0 Å². The Morgan fingerprint density at radius 3 is 3.07 bits per heavy atom. The molecule has 0 aromatic heterocycles. The topological polar surface area (TPSA) is 29.5 Å². The Hall–Kier alpha value is -0.550. The van der Waals surface area contributed by atoms with Crippen LogP contribution in [0, 0.1) is 0 Å². The quantitative estimate of drug-likeness (QED) is 0.452. The van der Waals surface area contributed by atoms with Gasteiger partial charge in [0.15, 0.2) is 0 Å². The van der Waals surface area contributed by atoms with Crippen LogP contribution in [-0.4, -0.2) is 34.4 Å². The number of carbonyl (C=O) groups excluding carboxylic acids is 1. The molecule has 0 saturated carbocycles. The molecule has 5 heteroatoms. The second-order valence-electron chi connectivity index (χ2n) is 3.06. The Balaban J connectivity index is 2.53. The third-order valence-corrected chi connectivity index (χ3v) is 2.75. The van der Waals surface area contributed by atoms with Crippen molar-refractivity contribution in [3.8, 4) is 0 Å². The third-order valence-electron chi connectivity index (χ3n) is 2.10. The minimum absolute atomic E-state index is 0.146. The summed E-state index contributed by atoms with van der Waals surface area (Å²) in [4.78, 5) is 12.9. The number of thiol groups is 1. The number of nitrogens with zero attached hydrogens (tertiary/aromatic N) is 1. The average molecular weight is 231 g/mol. The van der Waals surface area contributed by atoms with Crippen LogP contribution in [0.3, 0.4) is 0 Å². The third kappa shape index (κ3) is 2.72. The summed E-state index contributed by atoms with van der Waals surface area (Å²) in [5.74, 6) is 0. The van der Waals surface area contributed by atoms with Crippen molar-refractivity contribution in [1.82, 2.24) is 4.90 Å². The van der Waals surface area contributed by atoms with E-state index in [1.54, 1.807) is 11.0 Å². The first-order valence-electron chi connectivity index (χ1n) is 4.44. The molecule has 0 aliphatic carbocycles. The van der Waals surface area contributed by atoms with Gasteiger partial charge in [0, 0.05) is 6.54 Å². The Morgan fingerprint density at radius 2 is 2.50 bits per heavy atom. The lowest BCUT2D eigenvalue weighted by Gasteiger charge is -2.23. The largest absolute Gasteiger partial charge is 0.467 e. The van der Waals surface area contributed by atoms with Crippen molar-refractivity contribution in [2.24, 2.45) is 0 Å². The molecule has 0 aromatic carbocycles. The van der Waals surface area contributed by atoms with Gasteiger partial charge in [-0.2, -0.15) is 0 Å². The highest BCUT2D eigenvalue weighted by atomic mass is 32.1. The van der Waals surface area contributed by atoms with E-state index >= 15 is 0 Å². The van der Waals surface area contributed by atoms with Gasteiger partial charge < -0.3 is 9.64 Å². The van der Waals surface area contributed by atoms with E-state index in [2.05, 4.69) is 19.2 Å². The number of carbonyl (C=O) groups is 1. The number of thiocarbonyl (C=S) groups is 1. The van der Waals surface area contributed by atoms with Gasteiger partial charge in [-0.05, 0) is 25.1 Å². The highest BCUT2D eigenvalue weighted by molar-refractivity contribution is 7.96. The molecule has 0 N–H and O–H groups in total. The first-order valence-corrected chi connectivity index (χ1v) is 5.29. The predicted octanol–water partition coefficient (Wildman–Crippen LogP) is 1.39. The normalized spacial score (nSPS) is 20.6. The summed E-state index contributed by atoms with van der Waals surface area (Å²) in [5, 5.41) is 0.224. The summed E-state index contributed by atoms with van der Waals surface area (Å²) < 4.78 is 5.21. The van der Waals surface area contributed by atoms with Gasteiger partial charge in [-0.25, -0.2) is 0 Å². The van der Waals surface area contributed by atoms with Gasteiger partial charge in [-0.15, -0.1) is 12.6 Å². The van der Waals surface area contributed by atoms with Gasteiger partial charge in [0.05, 0.1) is 0 Å². The zero-order chi connectivity index (χ0) is 10.6. The standard InChI is InChI=1S/C9H13NO2S2/c1-2-6-12-9(14)10-5-3-4-7(10)8(11)13/h2,7H,1,3-6H2,(H,11,13). The van der Waals surface area contributed by atoms with E-state index in [4.69, 9.17) is 17.0 Å². The Kier molecular flexibility index (Phi) is 4.41. The number of hydrogen-bond donors (Lipinski definition) is 1. The Morgan fingerprint density at radius 1 is 1.79 bits per heavy atom. The van der Waals surface area contributed by atoms with Crippen LogP contribution in [0.1, 0.15) is 12.8 Å². The van der Waals surface area contributed by atoms with Crippen molar-refractivity contribution in [1.29, 1.82) is 0 Å². The maximum Gasteiger partial charge on any atom is 0.260 e. The van der Waals surface area contributed by atoms with Crippen molar-refractivity contribution >= 4 is 35.1 Å². The summed E-state index contributed by atoms with van der Waals surface area (Å²) in [7, 11) is 0. The Bertz CT molecular complexity index is 255. The van der Waals surface area contributed by atoms with Gasteiger partial charge in [0.2, 0.25) is 5.12 Å². The molecule has 0 aromatic rings. The minimum atomic E-state index is -0.212. The lowest BCUT2D eigenvalue weighted by atomic mass is 10.2. The first-order chi connectivity index (χ1) is 6.66. The molecule has 0 amide bonds. The Labute approximate surface area is 94.5 Å². The fourth-order valence-electron chi connectivity index (χ4n) is 1.46. The number of ether oxygens (including phenoxy) is 1. The molecule has 1 fully saturated rings. The molecule has 0 bridgehead atoms. The van der Waals surface area contributed by atoms with Gasteiger partial charge in [0.25, 0.3) is 5.17 Å². The maximum atomic E-state index is 11.1. The van der Waals surface area contributed by atoms with Gasteiger partial charge in [-0.3, -0.25) is 4.79 Å². The van der Waals surface area contributed by atoms with Crippen molar-refractivity contribution < 1.29 is 9.53 Å². The molecule has 1 aliphatic heterocycles. The van der Waals surface area contributed by atoms with Crippen molar-refractivity contribution in [3.63, 3.8) is 0 Å². The van der Waals surface area contributed by atoms with E-state index < -0.39 is 0 Å². The summed E-state index contributed by atoms with van der Waals surface area (Å²) in [6, 6.07) is -0.212. The summed E-state index contributed by atoms with van der Waals surface area (Å²) in [5.41, 5.74) is 0. The van der Waals surface area contributed by atoms with E-state index in [0.717, 1.165) is 19.4 Å². The van der Waals surface area contributed by atoms with E-state index in [1.807, 2.05) is 0 Å². The summed E-state index contributed by atoms with van der Waals surface area (Å²) >= 11 is 8.87. The summed E-state index contributed by atoms with van der Waals surface area (Å²) in [6.07, 6.45) is 3.38. The van der Waals surface area contributed by atoms with Crippen molar-refractivity contribution in [2.75, 3.05) is 13.2 Å². The second kappa shape index (κ2) is 5.36. The number of likely N-dealkylation sites (tertiary alicyclic amines) is 1. The van der Waals surface area contributed by atoms with Crippen LogP contribution in [0.5, 0.6) is 0 Å². The summed E-state index contributed by atoms with van der Waals surface area (Å²) in [6.45, 7) is 4.68. The van der Waals surface area contributed by atoms with Crippen molar-refractivity contribution in [2.45, 2.75) is 18.9 Å². The molecule has 1 atom stereocenters. The number of rotatable bonds is 3. The molecular formula is C9H13NO2S2. The number of hydrogen-bond acceptors (Lipinski definition) is 3. The van der Waals surface area contributed by atoms with Crippen LogP contribution in [-0.2, 0) is 9.53 Å². The van der Waals surface area contributed by atoms with Crippen molar-refractivity contribution in [3.05, 3.63) is 12.7 Å². The fourth-order valence-corrected chi connectivity index (χ4v) is 2.01. The highest BCUT2D eigenvalue weighted by Crippen LogP contribution is 2.20. The van der Waals surface area contributed by atoms with Crippen LogP contribution in [0.4, 0.5) is 0 Å². The molecular weight excluding hydrogens is 218 g/mol. The van der Waals surface area contributed by atoms with Gasteiger partial charge >= 0.3 is 0 Å². The molecule has 0 spiro atoms. The van der Waals surface area contributed by atoms with Crippen LogP contribution >= 0.6 is 24.8 Å². The molecule has 78 valence electrons. The smallest absolute Gasteiger partial charge is 0.260 e. The molecule has 1 saturated heterocycles. The zero-order valence-electron chi connectivity index (χ0n) is 7.81. The van der Waals surface area contributed by atoms with Crippen LogP contribution in [0.25, 0.3) is 0 Å². The minimum Gasteiger partial charge on any atom is -0.467 e. The van der Waals surface area contributed by atoms with E-state index in [-0.39, 0.29) is 11.2 Å². The molecule has 1 unspecified atom stereocenters. The van der Waals surface area contributed by atoms with Crippen LogP contribution in [0.15, 0.2) is 12.7 Å². The molecule has 1 heterocycles. The monoisotopic (exact) mass is 231 g/mol. The van der Waals surface area contributed by atoms with E-state index in [0.29, 0.717) is 11.8 Å². The first kappa shape index (κ1) is 11.5. The second-order valence-corrected chi connectivity index (χ2v) is 3.85. The molecule has 1 aliphatic rings. The zero-order valence-corrected chi connectivity index (χ0v) is 9.52. The lowest BCUT2D eigenvalue weighted by Crippen LogP contribution is -2.39. The van der Waals surface area contributed by atoms with Crippen LogP contribution in [0.2, 0.25) is 0 Å². The van der Waals surface area contributed by atoms with E-state index in [9.17, 15) is 4.79 Å². The van der Waals surface area contributed by atoms with Gasteiger partial charge in [0.1, 0.15) is 12.6 Å². The van der Waals surface area contributed by atoms with Crippen LogP contribution < -0.4 is 0 Å². The molecule has 1 rings (SSSR count). The molecule has 14 heavy (non-hydrogen) atoms. The SMILES string of the molecule is C=CCOC(=S)N1CCCC1C(=O)S. The maximum absolute atomic E-state index is 11.1. The molecule has 3 nitrogen and oxygen atoms in total. The average Bonchev–Trinajstić information content (AvgIpc) is 2.62. The highest BCUT2D eigenvalue weighted by Gasteiger charge is 2.31. The van der Waals surface area contributed by atoms with Gasteiger partial charge in [-0.1, -0.05) is 12.7 Å². The molecule has 0 radical (unpaired) electrons. The lowest BCUT2D eigenvalue weighted by molar-refractivity contribution is -0.113. The fraction of sp³-hybridized carbons (Fsp3) is 0.556.